The van der Waals surface area contributed by atoms with E-state index in [1.165, 1.54) is 0 Å². The molecule has 0 aliphatic carbocycles. The van der Waals surface area contributed by atoms with E-state index in [0.717, 1.165) is 21.4 Å². The van der Waals surface area contributed by atoms with Crippen LogP contribution in [0.4, 0.5) is 11.4 Å². The Hall–Kier alpha value is -2.21. The van der Waals surface area contributed by atoms with Gasteiger partial charge in [-0.3, -0.25) is 9.59 Å². The van der Waals surface area contributed by atoms with Gasteiger partial charge in [-0.05, 0) is 58.2 Å². The number of pyridine rings is 1. The van der Waals surface area contributed by atoms with Crippen molar-refractivity contribution in [3.8, 4) is 0 Å². The summed E-state index contributed by atoms with van der Waals surface area (Å²) in [4.78, 5) is 27.7. The van der Waals surface area contributed by atoms with Crippen molar-refractivity contribution < 1.29 is 9.59 Å². The number of fused-ring (bicyclic) bond motifs is 1. The van der Waals surface area contributed by atoms with Crippen LogP contribution < -0.4 is 10.6 Å². The molecule has 0 atom stereocenters. The lowest BCUT2D eigenvalue weighted by atomic mass is 10.1. The SMILES string of the molecule is Cc1cc(NC(=O)c2ccc3c(c2)CC(=O)N3)cnc1Br. The molecule has 2 heterocycles. The van der Waals surface area contributed by atoms with Gasteiger partial charge >= 0.3 is 0 Å². The Balaban J connectivity index is 1.81. The highest BCUT2D eigenvalue weighted by molar-refractivity contribution is 9.10. The Bertz CT molecular complexity index is 759. The second-order valence-corrected chi connectivity index (χ2v) is 5.63. The van der Waals surface area contributed by atoms with Gasteiger partial charge in [-0.15, -0.1) is 0 Å². The Morgan fingerprint density at radius 3 is 2.95 bits per heavy atom. The molecular weight excluding hydrogens is 334 g/mol. The van der Waals surface area contributed by atoms with Crippen LogP contribution in [0.1, 0.15) is 21.5 Å². The fraction of sp³-hybridized carbons (Fsp3) is 0.133. The van der Waals surface area contributed by atoms with Crippen LogP contribution in [0.5, 0.6) is 0 Å². The molecule has 1 aromatic carbocycles. The predicted octanol–water partition coefficient (Wildman–Crippen LogP) is 2.90. The van der Waals surface area contributed by atoms with Crippen molar-refractivity contribution in [2.75, 3.05) is 10.6 Å². The van der Waals surface area contributed by atoms with Crippen LogP contribution in [-0.2, 0) is 11.2 Å². The van der Waals surface area contributed by atoms with Gasteiger partial charge in [0, 0.05) is 11.3 Å². The lowest BCUT2D eigenvalue weighted by Crippen LogP contribution is -2.12. The molecule has 2 amide bonds. The lowest BCUT2D eigenvalue weighted by Gasteiger charge is -2.07. The van der Waals surface area contributed by atoms with Crippen LogP contribution in [0, 0.1) is 6.92 Å². The van der Waals surface area contributed by atoms with Crippen molar-refractivity contribution in [2.24, 2.45) is 0 Å². The first-order valence-electron chi connectivity index (χ1n) is 6.39. The number of nitrogens with zero attached hydrogens (tertiary/aromatic N) is 1. The highest BCUT2D eigenvalue weighted by Crippen LogP contribution is 2.24. The third kappa shape index (κ3) is 2.80. The summed E-state index contributed by atoms with van der Waals surface area (Å²) in [5.41, 5.74) is 3.72. The van der Waals surface area contributed by atoms with Gasteiger partial charge in [0.05, 0.1) is 18.3 Å². The summed E-state index contributed by atoms with van der Waals surface area (Å²) in [6, 6.07) is 7.02. The first kappa shape index (κ1) is 13.8. The fourth-order valence-corrected chi connectivity index (χ4v) is 2.42. The third-order valence-electron chi connectivity index (χ3n) is 3.26. The van der Waals surface area contributed by atoms with E-state index in [4.69, 9.17) is 0 Å². The average Bonchev–Trinajstić information content (AvgIpc) is 2.82. The Morgan fingerprint density at radius 2 is 2.19 bits per heavy atom. The van der Waals surface area contributed by atoms with Gasteiger partial charge in [-0.25, -0.2) is 4.98 Å². The van der Waals surface area contributed by atoms with E-state index in [2.05, 4.69) is 31.5 Å². The number of nitrogens with one attached hydrogen (secondary N) is 2. The predicted molar refractivity (Wildman–Crippen MR) is 83.4 cm³/mol. The highest BCUT2D eigenvalue weighted by Gasteiger charge is 2.19. The standard InChI is InChI=1S/C15H12BrN3O2/c1-8-4-11(7-17-14(8)16)18-15(21)9-2-3-12-10(5-9)6-13(20)19-12/h2-5,7H,6H2,1H3,(H,18,21)(H,19,20). The van der Waals surface area contributed by atoms with Gasteiger partial charge in [0.25, 0.3) is 5.91 Å². The Labute approximate surface area is 129 Å². The fourth-order valence-electron chi connectivity index (χ4n) is 2.20. The molecule has 1 aromatic heterocycles. The molecular formula is C15H12BrN3O2. The Kier molecular flexibility index (Phi) is 3.47. The molecule has 5 nitrogen and oxygen atoms in total. The average molecular weight is 346 g/mol. The topological polar surface area (TPSA) is 71.1 Å². The van der Waals surface area contributed by atoms with Gasteiger partial charge in [-0.1, -0.05) is 0 Å². The maximum atomic E-state index is 12.2. The van der Waals surface area contributed by atoms with E-state index in [0.29, 0.717) is 17.7 Å². The highest BCUT2D eigenvalue weighted by atomic mass is 79.9. The first-order valence-corrected chi connectivity index (χ1v) is 7.18. The summed E-state index contributed by atoms with van der Waals surface area (Å²) in [5, 5.41) is 5.54. The number of rotatable bonds is 2. The molecule has 1 aliphatic rings. The number of aryl methyl sites for hydroxylation is 1. The number of anilines is 2. The van der Waals surface area contributed by atoms with Crippen molar-refractivity contribution >= 4 is 39.1 Å². The van der Waals surface area contributed by atoms with Crippen LogP contribution in [0.15, 0.2) is 35.1 Å². The van der Waals surface area contributed by atoms with Gasteiger partial charge in [0.15, 0.2) is 0 Å². The van der Waals surface area contributed by atoms with Crippen LogP contribution in [0.25, 0.3) is 0 Å². The van der Waals surface area contributed by atoms with Crippen molar-refractivity contribution in [1.29, 1.82) is 0 Å². The molecule has 1 aliphatic heterocycles. The number of aromatic nitrogens is 1. The van der Waals surface area contributed by atoms with Crippen molar-refractivity contribution in [3.05, 3.63) is 51.8 Å². The summed E-state index contributed by atoms with van der Waals surface area (Å²) in [5.74, 6) is -0.268. The maximum absolute atomic E-state index is 12.2. The van der Waals surface area contributed by atoms with Gasteiger partial charge in [0.1, 0.15) is 4.60 Å². The molecule has 0 saturated carbocycles. The minimum Gasteiger partial charge on any atom is -0.326 e. The second-order valence-electron chi connectivity index (χ2n) is 4.88. The molecule has 21 heavy (non-hydrogen) atoms. The normalized spacial score (nSPS) is 12.8. The van der Waals surface area contributed by atoms with Gasteiger partial charge in [0.2, 0.25) is 5.91 Å². The van der Waals surface area contributed by atoms with E-state index in [9.17, 15) is 9.59 Å². The summed E-state index contributed by atoms with van der Waals surface area (Å²) in [6.07, 6.45) is 1.91. The zero-order chi connectivity index (χ0) is 15.0. The largest absolute Gasteiger partial charge is 0.326 e. The number of hydrogen-bond acceptors (Lipinski definition) is 3. The van der Waals surface area contributed by atoms with E-state index in [1.54, 1.807) is 24.4 Å². The van der Waals surface area contributed by atoms with Crippen LogP contribution in [0.2, 0.25) is 0 Å². The smallest absolute Gasteiger partial charge is 0.255 e. The molecule has 106 valence electrons. The van der Waals surface area contributed by atoms with Crippen LogP contribution >= 0.6 is 15.9 Å². The first-order chi connectivity index (χ1) is 10.0. The van der Waals surface area contributed by atoms with E-state index in [1.807, 2.05) is 13.0 Å². The molecule has 2 aromatic rings. The molecule has 0 saturated heterocycles. The minimum absolute atomic E-state index is 0.0460. The minimum atomic E-state index is -0.222. The van der Waals surface area contributed by atoms with Gasteiger partial charge < -0.3 is 10.6 Å². The van der Waals surface area contributed by atoms with Crippen LogP contribution in [0.3, 0.4) is 0 Å². The van der Waals surface area contributed by atoms with Crippen molar-refractivity contribution in [3.63, 3.8) is 0 Å². The molecule has 2 N–H and O–H groups in total. The van der Waals surface area contributed by atoms with E-state index < -0.39 is 0 Å². The number of amides is 2. The van der Waals surface area contributed by atoms with E-state index in [-0.39, 0.29) is 11.8 Å². The van der Waals surface area contributed by atoms with E-state index >= 15 is 0 Å². The maximum Gasteiger partial charge on any atom is 0.255 e. The number of hydrogen-bond donors (Lipinski definition) is 2. The number of carbonyl (C=O) groups excluding carboxylic acids is 2. The molecule has 0 spiro atoms. The summed E-state index contributed by atoms with van der Waals surface area (Å²) < 4.78 is 0.752. The lowest BCUT2D eigenvalue weighted by molar-refractivity contribution is -0.115. The molecule has 0 unspecified atom stereocenters. The molecule has 0 radical (unpaired) electrons. The Morgan fingerprint density at radius 1 is 1.38 bits per heavy atom. The summed E-state index contributed by atoms with van der Waals surface area (Å²) >= 11 is 3.32. The molecule has 6 heteroatoms. The quantitative estimate of drug-likeness (QED) is 0.822. The van der Waals surface area contributed by atoms with Gasteiger partial charge in [-0.2, -0.15) is 0 Å². The molecule has 0 fully saturated rings. The van der Waals surface area contributed by atoms with Crippen LogP contribution in [-0.4, -0.2) is 16.8 Å². The monoisotopic (exact) mass is 345 g/mol. The second kappa shape index (κ2) is 5.29. The number of halogens is 1. The molecule has 3 rings (SSSR count). The zero-order valence-corrected chi connectivity index (χ0v) is 12.8. The van der Waals surface area contributed by atoms with Crippen molar-refractivity contribution in [2.45, 2.75) is 13.3 Å². The zero-order valence-electron chi connectivity index (χ0n) is 11.2. The summed E-state index contributed by atoms with van der Waals surface area (Å²) in [7, 11) is 0. The third-order valence-corrected chi connectivity index (χ3v) is 4.09. The number of benzene rings is 1. The summed E-state index contributed by atoms with van der Waals surface area (Å²) in [6.45, 7) is 1.90. The molecule has 0 bridgehead atoms. The number of carbonyl (C=O) groups is 2. The van der Waals surface area contributed by atoms with Crippen molar-refractivity contribution in [1.82, 2.24) is 4.98 Å².